The van der Waals surface area contributed by atoms with Crippen LogP contribution in [-0.4, -0.2) is 142 Å². The van der Waals surface area contributed by atoms with Gasteiger partial charge in [0.2, 0.25) is 0 Å². The summed E-state index contributed by atoms with van der Waals surface area (Å²) in [5, 5.41) is 71.9. The zero-order valence-corrected chi connectivity index (χ0v) is 36.2. The Balaban J connectivity index is 1.82. The molecule has 14 nitrogen and oxygen atoms in total. The van der Waals surface area contributed by atoms with E-state index in [9.17, 15) is 40.5 Å². The van der Waals surface area contributed by atoms with Crippen molar-refractivity contribution in [2.24, 2.45) is 0 Å². The van der Waals surface area contributed by atoms with Crippen LogP contribution in [0.1, 0.15) is 155 Å². The second-order valence-corrected chi connectivity index (χ2v) is 16.2. The Hall–Kier alpha value is -1.53. The van der Waals surface area contributed by atoms with Crippen molar-refractivity contribution in [3.8, 4) is 0 Å². The van der Waals surface area contributed by atoms with Crippen LogP contribution in [0.15, 0.2) is 24.3 Å². The van der Waals surface area contributed by atoms with E-state index in [0.717, 1.165) is 64.2 Å². The lowest BCUT2D eigenvalue weighted by Crippen LogP contribution is -2.61. The van der Waals surface area contributed by atoms with Crippen LogP contribution in [0.2, 0.25) is 0 Å². The molecule has 0 aromatic heterocycles. The molecular formula is C45H82O14. The Kier molecular flexibility index (Phi) is 30.9. The minimum Gasteiger partial charge on any atom is -0.457 e. The molecule has 2 aliphatic heterocycles. The summed E-state index contributed by atoms with van der Waals surface area (Å²) in [5.41, 5.74) is 0. The fourth-order valence-electron chi connectivity index (χ4n) is 7.10. The summed E-state index contributed by atoms with van der Waals surface area (Å²) < 4.78 is 34.1. The summed E-state index contributed by atoms with van der Waals surface area (Å²) in [6.45, 7) is 3.60. The largest absolute Gasteiger partial charge is 0.457 e. The van der Waals surface area contributed by atoms with E-state index in [4.69, 9.17) is 28.4 Å². The quantitative estimate of drug-likeness (QED) is 0.0246. The van der Waals surface area contributed by atoms with E-state index >= 15 is 0 Å². The van der Waals surface area contributed by atoms with Crippen LogP contribution >= 0.6 is 0 Å². The summed E-state index contributed by atoms with van der Waals surface area (Å²) in [6, 6.07) is 0. The summed E-state index contributed by atoms with van der Waals surface area (Å²) in [7, 11) is 0. The van der Waals surface area contributed by atoms with E-state index in [-0.39, 0.29) is 25.6 Å². The number of hydrogen-bond donors (Lipinski definition) is 7. The third-order valence-electron chi connectivity index (χ3n) is 10.9. The molecule has 11 unspecified atom stereocenters. The fourth-order valence-corrected chi connectivity index (χ4v) is 7.10. The van der Waals surface area contributed by atoms with Crippen LogP contribution in [0.5, 0.6) is 0 Å². The van der Waals surface area contributed by atoms with Crippen LogP contribution in [0.3, 0.4) is 0 Å². The zero-order valence-electron chi connectivity index (χ0n) is 36.2. The molecular weight excluding hydrogens is 764 g/mol. The molecule has 0 amide bonds. The van der Waals surface area contributed by atoms with Crippen LogP contribution in [0.25, 0.3) is 0 Å². The molecule has 2 rings (SSSR count). The molecule has 346 valence electrons. The highest BCUT2D eigenvalue weighted by Gasteiger charge is 2.47. The summed E-state index contributed by atoms with van der Waals surface area (Å²) >= 11 is 0. The highest BCUT2D eigenvalue weighted by molar-refractivity contribution is 5.69. The van der Waals surface area contributed by atoms with Crippen molar-refractivity contribution in [1.82, 2.24) is 0 Å². The Bertz CT molecular complexity index is 1080. The first kappa shape index (κ1) is 53.6. The summed E-state index contributed by atoms with van der Waals surface area (Å²) in [5.74, 6) is -0.389. The molecule has 11 atom stereocenters. The monoisotopic (exact) mass is 847 g/mol. The van der Waals surface area contributed by atoms with E-state index in [1.807, 2.05) is 0 Å². The van der Waals surface area contributed by atoms with Crippen molar-refractivity contribution in [2.45, 2.75) is 223 Å². The predicted molar refractivity (Wildman–Crippen MR) is 224 cm³/mol. The lowest BCUT2D eigenvalue weighted by atomic mass is 9.98. The molecule has 14 heteroatoms. The number of carbonyl (C=O) groups excluding carboxylic acids is 1. The maximum Gasteiger partial charge on any atom is 0.306 e. The lowest BCUT2D eigenvalue weighted by molar-refractivity contribution is -0.332. The first-order valence-corrected chi connectivity index (χ1v) is 22.9. The van der Waals surface area contributed by atoms with Crippen molar-refractivity contribution in [1.29, 1.82) is 0 Å². The van der Waals surface area contributed by atoms with Gasteiger partial charge in [-0.3, -0.25) is 4.79 Å². The van der Waals surface area contributed by atoms with Crippen LogP contribution in [0, 0.1) is 0 Å². The molecule has 2 fully saturated rings. The van der Waals surface area contributed by atoms with Crippen LogP contribution < -0.4 is 0 Å². The summed E-state index contributed by atoms with van der Waals surface area (Å²) in [6.07, 6.45) is 16.7. The van der Waals surface area contributed by atoms with Gasteiger partial charge in [0.05, 0.1) is 26.4 Å². The zero-order chi connectivity index (χ0) is 43.1. The number of rotatable bonds is 35. The van der Waals surface area contributed by atoms with Gasteiger partial charge in [0.25, 0.3) is 0 Å². The first-order valence-electron chi connectivity index (χ1n) is 22.9. The molecule has 59 heavy (non-hydrogen) atoms. The van der Waals surface area contributed by atoms with Crippen molar-refractivity contribution in [3.63, 3.8) is 0 Å². The van der Waals surface area contributed by atoms with Gasteiger partial charge >= 0.3 is 5.97 Å². The molecule has 0 spiro atoms. The average molecular weight is 847 g/mol. The molecule has 0 aromatic rings. The van der Waals surface area contributed by atoms with E-state index in [1.165, 1.54) is 64.2 Å². The Morgan fingerprint density at radius 3 is 1.54 bits per heavy atom. The minimum absolute atomic E-state index is 0.0555. The third-order valence-corrected chi connectivity index (χ3v) is 10.9. The van der Waals surface area contributed by atoms with Crippen LogP contribution in [-0.2, 0) is 33.2 Å². The molecule has 0 saturated carbocycles. The second kappa shape index (κ2) is 34.0. The average Bonchev–Trinajstić information content (AvgIpc) is 3.23. The molecule has 0 bridgehead atoms. The number of allylic oxidation sites excluding steroid dienone is 4. The summed E-state index contributed by atoms with van der Waals surface area (Å²) in [4.78, 5) is 12.9. The lowest BCUT2D eigenvalue weighted by Gasteiger charge is -2.42. The highest BCUT2D eigenvalue weighted by Crippen LogP contribution is 2.26. The fraction of sp³-hybridized carbons (Fsp3) is 0.889. The molecule has 0 radical (unpaired) electrons. The van der Waals surface area contributed by atoms with Gasteiger partial charge in [-0.2, -0.15) is 0 Å². The maximum absolute atomic E-state index is 12.9. The third kappa shape index (κ3) is 22.9. The van der Waals surface area contributed by atoms with Gasteiger partial charge in [0.1, 0.15) is 54.9 Å². The predicted octanol–water partition coefficient (Wildman–Crippen LogP) is 5.29. The molecule has 0 aromatic carbocycles. The van der Waals surface area contributed by atoms with Gasteiger partial charge in [-0.15, -0.1) is 0 Å². The number of aliphatic hydroxyl groups excluding tert-OH is 7. The molecule has 7 N–H and O–H groups in total. The number of carbonyl (C=O) groups is 1. The van der Waals surface area contributed by atoms with E-state index in [0.29, 0.717) is 13.0 Å². The molecule has 0 aliphatic carbocycles. The topological polar surface area (TPSA) is 214 Å². The van der Waals surface area contributed by atoms with Gasteiger partial charge in [-0.05, 0) is 64.2 Å². The number of hydrogen-bond acceptors (Lipinski definition) is 14. The second-order valence-electron chi connectivity index (χ2n) is 16.2. The first-order chi connectivity index (χ1) is 28.6. The van der Waals surface area contributed by atoms with Gasteiger partial charge in [0, 0.05) is 13.0 Å². The smallest absolute Gasteiger partial charge is 0.306 e. The normalized spacial score (nSPS) is 28.2. The van der Waals surface area contributed by atoms with E-state index in [2.05, 4.69) is 38.2 Å². The van der Waals surface area contributed by atoms with E-state index < -0.39 is 80.7 Å². The Morgan fingerprint density at radius 2 is 1.00 bits per heavy atom. The van der Waals surface area contributed by atoms with Gasteiger partial charge in [-0.25, -0.2) is 0 Å². The Labute approximate surface area is 354 Å². The molecule has 2 heterocycles. The molecule has 2 aliphatic rings. The van der Waals surface area contributed by atoms with Crippen LogP contribution in [0.4, 0.5) is 0 Å². The van der Waals surface area contributed by atoms with Gasteiger partial charge < -0.3 is 64.2 Å². The number of esters is 1. The number of aliphatic hydroxyl groups is 7. The number of ether oxygens (including phenoxy) is 6. The highest BCUT2D eigenvalue weighted by atomic mass is 16.7. The van der Waals surface area contributed by atoms with Gasteiger partial charge in [0.15, 0.2) is 12.6 Å². The van der Waals surface area contributed by atoms with Gasteiger partial charge in [-0.1, -0.05) is 109 Å². The van der Waals surface area contributed by atoms with Crippen molar-refractivity contribution >= 4 is 5.97 Å². The standard InChI is InChI=1S/C45H82O14/c1-3-5-7-9-11-13-15-17-19-21-23-25-27-29-54-31-34(57-37(47)28-26-24-22-20-18-16-14-12-10-8-6-4-2)32-55-44-43(53)41(51)39(49)36(59-44)33-56-45-42(52)40(50)38(48)35(30-46)58-45/h11-14,34-36,38-46,48-53H,3-10,15-33H2,1-2H3/b13-11-,14-12-. The molecule has 2 saturated heterocycles. The van der Waals surface area contributed by atoms with Crippen molar-refractivity contribution < 1.29 is 69.0 Å². The van der Waals surface area contributed by atoms with Crippen molar-refractivity contribution in [3.05, 3.63) is 24.3 Å². The SMILES string of the molecule is CCCCC/C=C\CCCCCCCCOCC(COC1OC(COC2OC(CO)C(O)C(O)C2O)C(O)C(O)C1O)OC(=O)CCCCCCC/C=C\CCCCC. The minimum atomic E-state index is -1.71. The maximum atomic E-state index is 12.9. The van der Waals surface area contributed by atoms with Crippen molar-refractivity contribution in [2.75, 3.05) is 33.0 Å². The van der Waals surface area contributed by atoms with E-state index in [1.54, 1.807) is 0 Å². The Morgan fingerprint density at radius 1 is 0.542 bits per heavy atom. The number of unbranched alkanes of at least 4 members (excludes halogenated alkanes) is 17.